The third kappa shape index (κ3) is 2.16. The fourth-order valence-electron chi connectivity index (χ4n) is 0.532. The zero-order chi connectivity index (χ0) is 7.23. The quantitative estimate of drug-likeness (QED) is 0.546. The van der Waals surface area contributed by atoms with E-state index in [0.717, 1.165) is 13.0 Å². The Morgan fingerprint density at radius 1 is 1.60 bits per heavy atom. The summed E-state index contributed by atoms with van der Waals surface area (Å²) in [6.45, 7) is 3.22. The van der Waals surface area contributed by atoms with Crippen molar-refractivity contribution >= 4 is 0 Å². The van der Waals surface area contributed by atoms with Crippen molar-refractivity contribution in [1.82, 2.24) is 16.2 Å². The summed E-state index contributed by atoms with van der Waals surface area (Å²) in [5, 5.41) is 8.54. The van der Waals surface area contributed by atoms with Crippen molar-refractivity contribution < 1.29 is 4.74 Å². The molecule has 58 valence electrons. The van der Waals surface area contributed by atoms with Crippen LogP contribution in [0.3, 0.4) is 0 Å². The molecule has 1 aliphatic heterocycles. The maximum absolute atomic E-state index is 5.14. The van der Waals surface area contributed by atoms with Crippen molar-refractivity contribution in [2.75, 3.05) is 13.3 Å². The van der Waals surface area contributed by atoms with Gasteiger partial charge in [-0.25, -0.2) is 5.53 Å². The zero-order valence-electron chi connectivity index (χ0n) is 5.87. The van der Waals surface area contributed by atoms with E-state index in [1.54, 1.807) is 0 Å². The lowest BCUT2D eigenvalue weighted by molar-refractivity contribution is 0.00384. The second kappa shape index (κ2) is 4.02. The van der Waals surface area contributed by atoms with Gasteiger partial charge in [-0.2, -0.15) is 5.12 Å². The average molecular weight is 145 g/mol. The lowest BCUT2D eigenvalue weighted by Crippen LogP contribution is -2.36. The molecule has 0 atom stereocenters. The van der Waals surface area contributed by atoms with Crippen LogP contribution < -0.4 is 11.1 Å². The minimum absolute atomic E-state index is 0.421. The van der Waals surface area contributed by atoms with Crippen molar-refractivity contribution in [3.05, 3.63) is 0 Å². The molecule has 0 aliphatic carbocycles. The summed E-state index contributed by atoms with van der Waals surface area (Å²) in [6.07, 6.45) is 1.01. The molecule has 0 unspecified atom stereocenters. The second-order valence-electron chi connectivity index (χ2n) is 1.85. The fraction of sp³-hybridized carbons (Fsp3) is 1.00. The molecule has 0 fully saturated rings. The highest BCUT2D eigenvalue weighted by Crippen LogP contribution is 1.90. The molecule has 0 aromatic rings. The van der Waals surface area contributed by atoms with Crippen LogP contribution in [0, 0.1) is 0 Å². The molecule has 0 spiro atoms. The molecule has 0 aromatic heterocycles. The Kier molecular flexibility index (Phi) is 2.91. The van der Waals surface area contributed by atoms with Crippen LogP contribution in [0.1, 0.15) is 13.3 Å². The van der Waals surface area contributed by atoms with Gasteiger partial charge in [0.2, 0.25) is 0 Å². The van der Waals surface area contributed by atoms with Crippen LogP contribution in [0.2, 0.25) is 0 Å². The van der Waals surface area contributed by atoms with Gasteiger partial charge in [-0.3, -0.25) is 0 Å². The van der Waals surface area contributed by atoms with Gasteiger partial charge in [-0.15, -0.1) is 5.53 Å². The number of rotatable bonds is 4. The summed E-state index contributed by atoms with van der Waals surface area (Å²) in [6, 6.07) is 0. The molecule has 1 heterocycles. The molecule has 0 saturated heterocycles. The van der Waals surface area contributed by atoms with Gasteiger partial charge >= 0.3 is 0 Å². The first-order valence-corrected chi connectivity index (χ1v) is 3.20. The average Bonchev–Trinajstić information content (AvgIpc) is 2.41. The molecule has 6 nitrogen and oxygen atoms in total. The molecule has 1 rings (SSSR count). The van der Waals surface area contributed by atoms with Crippen LogP contribution in [-0.4, -0.2) is 18.5 Å². The van der Waals surface area contributed by atoms with Gasteiger partial charge in [0.05, 0.1) is 0 Å². The maximum Gasteiger partial charge on any atom is 0.155 e. The number of nitrogens with zero attached hydrogens (tertiary/aromatic N) is 3. The standard InChI is InChI=1S/C4H11N5O/c1-2-3-10-4-9-7-5-6-8-9/h2-4H2,1H3,(H,5,8)(H,6,7). The summed E-state index contributed by atoms with van der Waals surface area (Å²) < 4.78 is 5.14. The number of hydrogen-bond acceptors (Lipinski definition) is 6. The van der Waals surface area contributed by atoms with Gasteiger partial charge in [-0.05, 0) is 16.9 Å². The molecule has 10 heavy (non-hydrogen) atoms. The van der Waals surface area contributed by atoms with E-state index in [1.165, 1.54) is 5.12 Å². The first kappa shape index (κ1) is 7.23. The number of nitrogens with one attached hydrogen (secondary N) is 2. The van der Waals surface area contributed by atoms with Gasteiger partial charge in [0, 0.05) is 6.61 Å². The maximum atomic E-state index is 5.14. The monoisotopic (exact) mass is 145 g/mol. The van der Waals surface area contributed by atoms with Gasteiger partial charge in [-0.1, -0.05) is 6.92 Å². The van der Waals surface area contributed by atoms with Crippen molar-refractivity contribution in [3.63, 3.8) is 0 Å². The molecule has 2 N–H and O–H groups in total. The van der Waals surface area contributed by atoms with E-state index in [9.17, 15) is 0 Å². The highest BCUT2D eigenvalue weighted by atomic mass is 16.5. The number of hydrogen-bond donors (Lipinski definition) is 2. The van der Waals surface area contributed by atoms with Crippen LogP contribution in [0.5, 0.6) is 0 Å². The summed E-state index contributed by atoms with van der Waals surface area (Å²) in [7, 11) is 0. The summed E-state index contributed by atoms with van der Waals surface area (Å²) >= 11 is 0. The Morgan fingerprint density at radius 3 is 3.10 bits per heavy atom. The molecule has 0 aromatic carbocycles. The highest BCUT2D eigenvalue weighted by Gasteiger charge is 2.03. The van der Waals surface area contributed by atoms with E-state index in [4.69, 9.17) is 4.74 Å². The third-order valence-corrected chi connectivity index (χ3v) is 0.944. The predicted octanol–water partition coefficient (Wildman–Crippen LogP) is -0.0225. The van der Waals surface area contributed by atoms with Gasteiger partial charge in [0.25, 0.3) is 0 Å². The molecule has 0 bridgehead atoms. The summed E-state index contributed by atoms with van der Waals surface area (Å²) in [4.78, 5) is 0. The van der Waals surface area contributed by atoms with Crippen LogP contribution in [-0.2, 0) is 4.74 Å². The Labute approximate surface area is 59.1 Å². The van der Waals surface area contributed by atoms with Crippen molar-refractivity contribution in [1.29, 1.82) is 0 Å². The molecule has 0 amide bonds. The molecular formula is C4H11N5O. The van der Waals surface area contributed by atoms with E-state index in [2.05, 4.69) is 28.4 Å². The minimum Gasteiger partial charge on any atom is -0.358 e. The van der Waals surface area contributed by atoms with Crippen LogP contribution in [0.25, 0.3) is 0 Å². The summed E-state index contributed by atoms with van der Waals surface area (Å²) in [5.74, 6) is 0. The highest BCUT2D eigenvalue weighted by molar-refractivity contribution is 4.33. The predicted molar refractivity (Wildman–Crippen MR) is 34.1 cm³/mol. The lowest BCUT2D eigenvalue weighted by Gasteiger charge is -2.09. The first-order valence-electron chi connectivity index (χ1n) is 3.20. The Bertz CT molecular complexity index is 116. The summed E-state index contributed by atoms with van der Waals surface area (Å²) in [5.41, 5.74) is 5.09. The first-order chi connectivity index (χ1) is 4.93. The Hall–Kier alpha value is -0.880. The second-order valence-corrected chi connectivity index (χ2v) is 1.85. The van der Waals surface area contributed by atoms with Gasteiger partial charge < -0.3 is 4.74 Å². The third-order valence-electron chi connectivity index (χ3n) is 0.944. The van der Waals surface area contributed by atoms with Crippen LogP contribution in [0.4, 0.5) is 0 Å². The number of hydrazine groups is 2. The smallest absolute Gasteiger partial charge is 0.155 e. The van der Waals surface area contributed by atoms with Crippen LogP contribution in [0.15, 0.2) is 10.4 Å². The molecule has 1 aliphatic rings. The normalized spacial score (nSPS) is 15.9. The van der Waals surface area contributed by atoms with E-state index >= 15 is 0 Å². The van der Waals surface area contributed by atoms with Crippen LogP contribution >= 0.6 is 0 Å². The Morgan fingerprint density at radius 2 is 2.50 bits per heavy atom. The fourth-order valence-corrected chi connectivity index (χ4v) is 0.532. The van der Waals surface area contributed by atoms with Crippen molar-refractivity contribution in [2.45, 2.75) is 13.3 Å². The number of ether oxygens (including phenoxy) is 1. The largest absolute Gasteiger partial charge is 0.358 e. The lowest BCUT2D eigenvalue weighted by atomic mass is 10.5. The van der Waals surface area contributed by atoms with Crippen molar-refractivity contribution in [3.8, 4) is 0 Å². The van der Waals surface area contributed by atoms with E-state index < -0.39 is 0 Å². The van der Waals surface area contributed by atoms with E-state index in [0.29, 0.717) is 6.73 Å². The van der Waals surface area contributed by atoms with Crippen molar-refractivity contribution in [2.24, 2.45) is 10.4 Å². The molecule has 6 heteroatoms. The topological polar surface area (TPSA) is 61.2 Å². The van der Waals surface area contributed by atoms with Gasteiger partial charge in [0.1, 0.15) is 0 Å². The minimum atomic E-state index is 0.421. The zero-order valence-corrected chi connectivity index (χ0v) is 5.87. The van der Waals surface area contributed by atoms with E-state index in [1.807, 2.05) is 0 Å². The Balaban J connectivity index is 1.97. The van der Waals surface area contributed by atoms with E-state index in [-0.39, 0.29) is 0 Å². The molecule has 0 radical (unpaired) electrons. The SMILES string of the molecule is CCCOCN1N=NNN1. The molecular weight excluding hydrogens is 134 g/mol. The molecule has 0 saturated carbocycles. The van der Waals surface area contributed by atoms with Gasteiger partial charge in [0.15, 0.2) is 6.73 Å².